The van der Waals surface area contributed by atoms with Crippen LogP contribution >= 0.6 is 0 Å². The first-order chi connectivity index (χ1) is 7.22. The van der Waals surface area contributed by atoms with E-state index in [2.05, 4.69) is 11.9 Å². The summed E-state index contributed by atoms with van der Waals surface area (Å²) in [5, 5.41) is 0. The van der Waals surface area contributed by atoms with Crippen molar-refractivity contribution in [2.75, 3.05) is 7.11 Å². The summed E-state index contributed by atoms with van der Waals surface area (Å²) < 4.78 is 5.15. The lowest BCUT2D eigenvalue weighted by Crippen LogP contribution is -2.14. The number of aromatic nitrogens is 1. The van der Waals surface area contributed by atoms with E-state index in [1.54, 1.807) is 19.2 Å². The van der Waals surface area contributed by atoms with Gasteiger partial charge in [-0.3, -0.25) is 4.79 Å². The van der Waals surface area contributed by atoms with E-state index in [-0.39, 0.29) is 6.04 Å². The molecule has 0 bridgehead atoms. The molecule has 2 N–H and O–H groups in total. The van der Waals surface area contributed by atoms with E-state index in [0.717, 1.165) is 12.8 Å². The molecule has 1 unspecified atom stereocenters. The predicted octanol–water partition coefficient (Wildman–Crippen LogP) is 1.70. The van der Waals surface area contributed by atoms with Crippen molar-refractivity contribution < 1.29 is 9.53 Å². The van der Waals surface area contributed by atoms with Gasteiger partial charge in [-0.25, -0.2) is 4.98 Å². The molecule has 1 heterocycles. The van der Waals surface area contributed by atoms with Crippen LogP contribution in [0.15, 0.2) is 12.1 Å². The van der Waals surface area contributed by atoms with Crippen molar-refractivity contribution in [3.8, 4) is 5.75 Å². The van der Waals surface area contributed by atoms with Gasteiger partial charge in [0.1, 0.15) is 11.4 Å². The number of carbonyl (C=O) groups excluding carboxylic acids is 1. The number of hydrogen-bond donors (Lipinski definition) is 1. The maximum absolute atomic E-state index is 10.6. The van der Waals surface area contributed by atoms with E-state index in [1.165, 1.54) is 0 Å². The van der Waals surface area contributed by atoms with Crippen molar-refractivity contribution >= 4 is 6.29 Å². The molecule has 0 saturated carbocycles. The maximum Gasteiger partial charge on any atom is 0.168 e. The highest BCUT2D eigenvalue weighted by Crippen LogP contribution is 2.24. The number of rotatable bonds is 5. The summed E-state index contributed by atoms with van der Waals surface area (Å²) in [6.45, 7) is 2.05. The molecule has 15 heavy (non-hydrogen) atoms. The second kappa shape index (κ2) is 5.46. The third-order valence-electron chi connectivity index (χ3n) is 2.20. The number of hydrogen-bond acceptors (Lipinski definition) is 4. The zero-order valence-corrected chi connectivity index (χ0v) is 9.06. The van der Waals surface area contributed by atoms with Crippen molar-refractivity contribution in [1.82, 2.24) is 4.98 Å². The summed E-state index contributed by atoms with van der Waals surface area (Å²) in [4.78, 5) is 14.8. The Hall–Kier alpha value is -1.42. The Kier molecular flexibility index (Phi) is 4.24. The molecule has 0 aliphatic heterocycles. The first-order valence-electron chi connectivity index (χ1n) is 4.98. The van der Waals surface area contributed by atoms with Gasteiger partial charge in [0.15, 0.2) is 6.29 Å². The maximum atomic E-state index is 10.6. The Bertz CT molecular complexity index is 339. The molecule has 82 valence electrons. The predicted molar refractivity (Wildman–Crippen MR) is 58.0 cm³/mol. The standard InChI is InChI=1S/C11H16N2O2/c1-3-4-9(12)11-10(15-2)6-5-8(7-14)13-11/h5-7,9H,3-4,12H2,1-2H3. The van der Waals surface area contributed by atoms with Crippen LogP contribution in [0.1, 0.15) is 42.0 Å². The molecule has 1 aromatic rings. The van der Waals surface area contributed by atoms with Gasteiger partial charge in [-0.1, -0.05) is 13.3 Å². The number of nitrogens with two attached hydrogens (primary N) is 1. The highest BCUT2D eigenvalue weighted by molar-refractivity contribution is 5.72. The average molecular weight is 208 g/mol. The van der Waals surface area contributed by atoms with Crippen molar-refractivity contribution in [2.45, 2.75) is 25.8 Å². The summed E-state index contributed by atoms with van der Waals surface area (Å²) in [6, 6.07) is 3.17. The molecule has 4 nitrogen and oxygen atoms in total. The zero-order chi connectivity index (χ0) is 11.3. The fourth-order valence-electron chi connectivity index (χ4n) is 1.43. The zero-order valence-electron chi connectivity index (χ0n) is 9.06. The molecule has 0 fully saturated rings. The first-order valence-corrected chi connectivity index (χ1v) is 4.98. The smallest absolute Gasteiger partial charge is 0.168 e. The molecule has 4 heteroatoms. The van der Waals surface area contributed by atoms with Crippen LogP contribution in [-0.4, -0.2) is 18.4 Å². The van der Waals surface area contributed by atoms with Crippen LogP contribution in [0.25, 0.3) is 0 Å². The quantitative estimate of drug-likeness (QED) is 0.748. The Morgan fingerprint density at radius 1 is 1.60 bits per heavy atom. The van der Waals surface area contributed by atoms with E-state index in [1.807, 2.05) is 0 Å². The Labute approximate surface area is 89.5 Å². The molecule has 1 rings (SSSR count). The largest absolute Gasteiger partial charge is 0.495 e. The van der Waals surface area contributed by atoms with Gasteiger partial charge >= 0.3 is 0 Å². The van der Waals surface area contributed by atoms with Gasteiger partial charge in [0, 0.05) is 0 Å². The van der Waals surface area contributed by atoms with Crippen LogP contribution < -0.4 is 10.5 Å². The third kappa shape index (κ3) is 2.76. The van der Waals surface area contributed by atoms with Crippen LogP contribution in [0.4, 0.5) is 0 Å². The monoisotopic (exact) mass is 208 g/mol. The molecule has 0 aliphatic rings. The van der Waals surface area contributed by atoms with E-state index < -0.39 is 0 Å². The topological polar surface area (TPSA) is 65.2 Å². The number of methoxy groups -OCH3 is 1. The highest BCUT2D eigenvalue weighted by Gasteiger charge is 2.13. The van der Waals surface area contributed by atoms with E-state index in [0.29, 0.717) is 23.4 Å². The molecule has 0 amide bonds. The molecule has 0 aromatic carbocycles. The summed E-state index contributed by atoms with van der Waals surface area (Å²) in [6.07, 6.45) is 2.50. The minimum Gasteiger partial charge on any atom is -0.495 e. The fraction of sp³-hybridized carbons (Fsp3) is 0.455. The van der Waals surface area contributed by atoms with Gasteiger partial charge in [0.05, 0.1) is 18.8 Å². The summed E-state index contributed by atoms with van der Waals surface area (Å²) >= 11 is 0. The van der Waals surface area contributed by atoms with Crippen LogP contribution in [-0.2, 0) is 0 Å². The summed E-state index contributed by atoms with van der Waals surface area (Å²) in [5.41, 5.74) is 6.99. The highest BCUT2D eigenvalue weighted by atomic mass is 16.5. The SMILES string of the molecule is CCCC(N)c1nc(C=O)ccc1OC. The van der Waals surface area contributed by atoms with Gasteiger partial charge in [0.2, 0.25) is 0 Å². The number of carbonyl (C=O) groups is 1. The number of ether oxygens (including phenoxy) is 1. The molecule has 0 aliphatic carbocycles. The minimum absolute atomic E-state index is 0.176. The molecule has 0 spiro atoms. The summed E-state index contributed by atoms with van der Waals surface area (Å²) in [7, 11) is 1.57. The second-order valence-corrected chi connectivity index (χ2v) is 3.34. The number of nitrogens with zero attached hydrogens (tertiary/aromatic N) is 1. The van der Waals surface area contributed by atoms with E-state index in [9.17, 15) is 4.79 Å². The number of pyridine rings is 1. The van der Waals surface area contributed by atoms with Crippen molar-refractivity contribution in [1.29, 1.82) is 0 Å². The lowest BCUT2D eigenvalue weighted by Gasteiger charge is -2.13. The second-order valence-electron chi connectivity index (χ2n) is 3.34. The molecule has 1 atom stereocenters. The van der Waals surface area contributed by atoms with Crippen molar-refractivity contribution in [3.63, 3.8) is 0 Å². The average Bonchev–Trinajstić information content (AvgIpc) is 2.28. The first kappa shape index (κ1) is 11.7. The van der Waals surface area contributed by atoms with E-state index in [4.69, 9.17) is 10.5 Å². The van der Waals surface area contributed by atoms with Crippen LogP contribution in [0.2, 0.25) is 0 Å². The van der Waals surface area contributed by atoms with Crippen LogP contribution in [0.3, 0.4) is 0 Å². The molecular formula is C11H16N2O2. The Morgan fingerprint density at radius 2 is 2.33 bits per heavy atom. The van der Waals surface area contributed by atoms with Gasteiger partial charge < -0.3 is 10.5 Å². The Balaban J connectivity index is 3.05. The van der Waals surface area contributed by atoms with Crippen molar-refractivity contribution in [2.24, 2.45) is 5.73 Å². The molecule has 0 saturated heterocycles. The van der Waals surface area contributed by atoms with Gasteiger partial charge in [0.25, 0.3) is 0 Å². The molecule has 1 aromatic heterocycles. The minimum atomic E-state index is -0.176. The fourth-order valence-corrected chi connectivity index (χ4v) is 1.43. The Morgan fingerprint density at radius 3 is 2.87 bits per heavy atom. The van der Waals surface area contributed by atoms with E-state index >= 15 is 0 Å². The number of aldehydes is 1. The normalized spacial score (nSPS) is 12.2. The van der Waals surface area contributed by atoms with Gasteiger partial charge in [-0.2, -0.15) is 0 Å². The molecular weight excluding hydrogens is 192 g/mol. The van der Waals surface area contributed by atoms with Crippen molar-refractivity contribution in [3.05, 3.63) is 23.5 Å². The lowest BCUT2D eigenvalue weighted by molar-refractivity contribution is 0.111. The summed E-state index contributed by atoms with van der Waals surface area (Å²) in [5.74, 6) is 0.640. The van der Waals surface area contributed by atoms with Gasteiger partial charge in [-0.05, 0) is 18.6 Å². The molecule has 0 radical (unpaired) electrons. The van der Waals surface area contributed by atoms with Crippen LogP contribution in [0.5, 0.6) is 5.75 Å². The van der Waals surface area contributed by atoms with Crippen LogP contribution in [0, 0.1) is 0 Å². The third-order valence-corrected chi connectivity index (χ3v) is 2.20. The van der Waals surface area contributed by atoms with Gasteiger partial charge in [-0.15, -0.1) is 0 Å². The lowest BCUT2D eigenvalue weighted by atomic mass is 10.1.